The molecule has 0 bridgehead atoms. The summed E-state index contributed by atoms with van der Waals surface area (Å²) in [5, 5.41) is 2.87. The molecule has 0 heterocycles. The molecular formula is C19H22N2O3S. The molecule has 0 aliphatic carbocycles. The highest BCUT2D eigenvalue weighted by Crippen LogP contribution is 2.26. The fourth-order valence-corrected chi connectivity index (χ4v) is 2.93. The Bertz CT molecular complexity index is 734. The number of aryl methyl sites for hydroxylation is 1. The highest BCUT2D eigenvalue weighted by molar-refractivity contribution is 8.00. The van der Waals surface area contributed by atoms with Crippen LogP contribution in [-0.4, -0.2) is 24.2 Å². The third-order valence-corrected chi connectivity index (χ3v) is 4.43. The van der Waals surface area contributed by atoms with Crippen LogP contribution in [-0.2, 0) is 9.59 Å². The maximum Gasteiger partial charge on any atom is 0.227 e. The molecule has 0 atom stereocenters. The van der Waals surface area contributed by atoms with Crippen molar-refractivity contribution in [2.75, 3.05) is 17.7 Å². The lowest BCUT2D eigenvalue weighted by Crippen LogP contribution is -2.15. The molecule has 0 radical (unpaired) electrons. The van der Waals surface area contributed by atoms with E-state index in [4.69, 9.17) is 10.5 Å². The number of carbonyl (C=O) groups excluding carboxylic acids is 2. The van der Waals surface area contributed by atoms with Crippen LogP contribution in [0.4, 0.5) is 5.69 Å². The van der Waals surface area contributed by atoms with Crippen LogP contribution in [0.3, 0.4) is 0 Å². The number of rotatable bonds is 9. The highest BCUT2D eigenvalue weighted by Gasteiger charge is 2.08. The maximum absolute atomic E-state index is 12.1. The number of benzene rings is 2. The van der Waals surface area contributed by atoms with Crippen molar-refractivity contribution in [1.82, 2.24) is 0 Å². The van der Waals surface area contributed by atoms with Crippen molar-refractivity contribution >= 4 is 29.3 Å². The first-order valence-corrected chi connectivity index (χ1v) is 9.02. The van der Waals surface area contributed by atoms with E-state index < -0.39 is 0 Å². The lowest BCUT2D eigenvalue weighted by molar-refractivity contribution is -0.116. The molecule has 0 saturated heterocycles. The van der Waals surface area contributed by atoms with E-state index in [1.165, 1.54) is 11.8 Å². The topological polar surface area (TPSA) is 81.4 Å². The summed E-state index contributed by atoms with van der Waals surface area (Å²) >= 11 is 1.31. The minimum atomic E-state index is -0.389. The molecule has 0 fully saturated rings. The normalized spacial score (nSPS) is 10.3. The van der Waals surface area contributed by atoms with Crippen molar-refractivity contribution in [1.29, 1.82) is 0 Å². The maximum atomic E-state index is 12.1. The van der Waals surface area contributed by atoms with E-state index in [1.54, 1.807) is 0 Å². The number of ether oxygens (including phenoxy) is 1. The van der Waals surface area contributed by atoms with Crippen molar-refractivity contribution in [2.45, 2.75) is 24.7 Å². The summed E-state index contributed by atoms with van der Waals surface area (Å²) < 4.78 is 5.64. The quantitative estimate of drug-likeness (QED) is 0.532. The van der Waals surface area contributed by atoms with E-state index in [0.29, 0.717) is 25.1 Å². The number of primary amides is 1. The molecule has 25 heavy (non-hydrogen) atoms. The van der Waals surface area contributed by atoms with Crippen molar-refractivity contribution in [3.8, 4) is 5.75 Å². The number of hydrogen-bond donors (Lipinski definition) is 2. The van der Waals surface area contributed by atoms with Gasteiger partial charge in [-0.25, -0.2) is 0 Å². The molecule has 0 spiro atoms. The predicted molar refractivity (Wildman–Crippen MR) is 101 cm³/mol. The lowest BCUT2D eigenvalue weighted by atomic mass is 10.2. The Morgan fingerprint density at radius 3 is 2.72 bits per heavy atom. The van der Waals surface area contributed by atoms with Crippen LogP contribution < -0.4 is 15.8 Å². The van der Waals surface area contributed by atoms with Gasteiger partial charge in [0.1, 0.15) is 5.75 Å². The fraction of sp³-hybridized carbons (Fsp3) is 0.263. The average molecular weight is 358 g/mol. The Morgan fingerprint density at radius 2 is 1.96 bits per heavy atom. The van der Waals surface area contributed by atoms with E-state index in [-0.39, 0.29) is 17.6 Å². The van der Waals surface area contributed by atoms with Crippen LogP contribution in [0, 0.1) is 6.92 Å². The van der Waals surface area contributed by atoms with Crippen LogP contribution in [0.5, 0.6) is 5.75 Å². The van der Waals surface area contributed by atoms with E-state index >= 15 is 0 Å². The van der Waals surface area contributed by atoms with Gasteiger partial charge in [-0.05, 0) is 43.2 Å². The number of nitrogens with two attached hydrogens (primary N) is 1. The van der Waals surface area contributed by atoms with E-state index in [2.05, 4.69) is 5.32 Å². The van der Waals surface area contributed by atoms with Gasteiger partial charge >= 0.3 is 0 Å². The molecule has 132 valence electrons. The molecule has 0 aliphatic heterocycles. The van der Waals surface area contributed by atoms with E-state index in [0.717, 1.165) is 16.2 Å². The highest BCUT2D eigenvalue weighted by atomic mass is 32.2. The third-order valence-electron chi connectivity index (χ3n) is 3.34. The molecule has 0 saturated carbocycles. The molecule has 2 amide bonds. The number of anilines is 1. The number of amides is 2. The SMILES string of the molecule is Cc1cccc(OCCCC(=O)Nc2ccccc2SCC(N)=O)c1. The van der Waals surface area contributed by atoms with E-state index in [9.17, 15) is 9.59 Å². The molecule has 0 aromatic heterocycles. The van der Waals surface area contributed by atoms with Gasteiger partial charge in [-0.2, -0.15) is 0 Å². The Kier molecular flexibility index (Phi) is 7.35. The lowest BCUT2D eigenvalue weighted by Gasteiger charge is -2.10. The Balaban J connectivity index is 1.77. The summed E-state index contributed by atoms with van der Waals surface area (Å²) in [5.74, 6) is 0.519. The molecule has 5 nitrogen and oxygen atoms in total. The first-order chi connectivity index (χ1) is 12.0. The van der Waals surface area contributed by atoms with E-state index in [1.807, 2.05) is 55.5 Å². The Labute approximate surface area is 151 Å². The molecule has 2 aromatic carbocycles. The predicted octanol–water partition coefficient (Wildman–Crippen LogP) is 3.37. The molecule has 3 N–H and O–H groups in total. The van der Waals surface area contributed by atoms with Gasteiger partial charge in [-0.1, -0.05) is 24.3 Å². The molecule has 0 aliphatic rings. The standard InChI is InChI=1S/C19H22N2O3S/c1-14-6-4-7-15(12-14)24-11-5-10-19(23)21-16-8-2-3-9-17(16)25-13-18(20)22/h2-4,6-9,12H,5,10-11,13H2,1H3,(H2,20,22)(H,21,23). The molecule has 2 rings (SSSR count). The van der Waals surface area contributed by atoms with Crippen LogP contribution in [0.25, 0.3) is 0 Å². The molecule has 2 aromatic rings. The van der Waals surface area contributed by atoms with Crippen LogP contribution in [0.2, 0.25) is 0 Å². The van der Waals surface area contributed by atoms with Crippen LogP contribution in [0.15, 0.2) is 53.4 Å². The summed E-state index contributed by atoms with van der Waals surface area (Å²) in [4.78, 5) is 23.8. The summed E-state index contributed by atoms with van der Waals surface area (Å²) in [5.41, 5.74) is 7.00. The largest absolute Gasteiger partial charge is 0.494 e. The molecule has 0 unspecified atom stereocenters. The number of hydrogen-bond acceptors (Lipinski definition) is 4. The van der Waals surface area contributed by atoms with Gasteiger partial charge in [0.25, 0.3) is 0 Å². The van der Waals surface area contributed by atoms with Gasteiger partial charge < -0.3 is 15.8 Å². The van der Waals surface area contributed by atoms with Gasteiger partial charge in [0.15, 0.2) is 0 Å². The summed E-state index contributed by atoms with van der Waals surface area (Å²) in [7, 11) is 0. The van der Waals surface area contributed by atoms with Crippen molar-refractivity contribution in [3.05, 3.63) is 54.1 Å². The number of thioether (sulfide) groups is 1. The summed E-state index contributed by atoms with van der Waals surface area (Å²) in [6, 6.07) is 15.2. The van der Waals surface area contributed by atoms with Gasteiger partial charge in [-0.15, -0.1) is 11.8 Å². The van der Waals surface area contributed by atoms with Crippen LogP contribution >= 0.6 is 11.8 Å². The Morgan fingerprint density at radius 1 is 1.16 bits per heavy atom. The zero-order valence-electron chi connectivity index (χ0n) is 14.2. The first kappa shape index (κ1) is 18.9. The van der Waals surface area contributed by atoms with Gasteiger partial charge in [0.05, 0.1) is 18.0 Å². The second kappa shape index (κ2) is 9.74. The van der Waals surface area contributed by atoms with Crippen LogP contribution in [0.1, 0.15) is 18.4 Å². The number of nitrogens with one attached hydrogen (secondary N) is 1. The summed E-state index contributed by atoms with van der Waals surface area (Å²) in [6.07, 6.45) is 0.983. The van der Waals surface area contributed by atoms with Gasteiger partial charge in [0, 0.05) is 11.3 Å². The zero-order valence-corrected chi connectivity index (χ0v) is 15.0. The smallest absolute Gasteiger partial charge is 0.227 e. The minimum Gasteiger partial charge on any atom is -0.494 e. The fourth-order valence-electron chi connectivity index (χ4n) is 2.19. The monoisotopic (exact) mass is 358 g/mol. The van der Waals surface area contributed by atoms with Gasteiger partial charge in [-0.3, -0.25) is 9.59 Å². The average Bonchev–Trinajstić information content (AvgIpc) is 2.58. The molecule has 6 heteroatoms. The zero-order chi connectivity index (χ0) is 18.1. The number of carbonyl (C=O) groups is 2. The van der Waals surface area contributed by atoms with Gasteiger partial charge in [0.2, 0.25) is 11.8 Å². The molecular weight excluding hydrogens is 336 g/mol. The number of para-hydroxylation sites is 1. The van der Waals surface area contributed by atoms with Crippen molar-refractivity contribution < 1.29 is 14.3 Å². The van der Waals surface area contributed by atoms with Crippen molar-refractivity contribution in [3.63, 3.8) is 0 Å². The van der Waals surface area contributed by atoms with Crippen molar-refractivity contribution in [2.24, 2.45) is 5.73 Å². The second-order valence-corrected chi connectivity index (χ2v) is 6.59. The first-order valence-electron chi connectivity index (χ1n) is 8.04. The minimum absolute atomic E-state index is 0.0834. The summed E-state index contributed by atoms with van der Waals surface area (Å²) in [6.45, 7) is 2.49. The second-order valence-electron chi connectivity index (χ2n) is 5.57. The Hall–Kier alpha value is -2.47. The third kappa shape index (κ3) is 6.89.